The molecule has 0 aliphatic rings. The quantitative estimate of drug-likeness (QED) is 0.688. The van der Waals surface area contributed by atoms with Gasteiger partial charge in [-0.3, -0.25) is 9.40 Å². The van der Waals surface area contributed by atoms with E-state index in [1.54, 1.807) is 23.0 Å². The van der Waals surface area contributed by atoms with Gasteiger partial charge in [-0.1, -0.05) is 36.4 Å². The summed E-state index contributed by atoms with van der Waals surface area (Å²) in [5, 5.41) is 4.51. The second-order valence-electron chi connectivity index (χ2n) is 6.59. The van der Waals surface area contributed by atoms with Gasteiger partial charge in [0.15, 0.2) is 0 Å². The highest BCUT2D eigenvalue weighted by molar-refractivity contribution is 7.92. The SMILES string of the molecule is COc1ccc(C)cc1NS(=O)(=O)c1cn(C(C)C)nc1-c1ccccc1. The van der Waals surface area contributed by atoms with Crippen LogP contribution in [0.1, 0.15) is 25.5 Å². The summed E-state index contributed by atoms with van der Waals surface area (Å²) >= 11 is 0. The van der Waals surface area contributed by atoms with E-state index in [0.29, 0.717) is 17.1 Å². The topological polar surface area (TPSA) is 73.2 Å². The summed E-state index contributed by atoms with van der Waals surface area (Å²) in [4.78, 5) is 0.131. The van der Waals surface area contributed by atoms with Gasteiger partial charge in [0.1, 0.15) is 16.3 Å². The first-order valence-electron chi connectivity index (χ1n) is 8.64. The van der Waals surface area contributed by atoms with Crippen molar-refractivity contribution in [2.45, 2.75) is 31.7 Å². The van der Waals surface area contributed by atoms with Gasteiger partial charge in [-0.05, 0) is 38.5 Å². The van der Waals surface area contributed by atoms with E-state index in [4.69, 9.17) is 4.74 Å². The number of sulfonamides is 1. The van der Waals surface area contributed by atoms with Crippen LogP contribution in [0.2, 0.25) is 0 Å². The molecule has 0 saturated carbocycles. The lowest BCUT2D eigenvalue weighted by Gasteiger charge is -2.12. The number of benzene rings is 2. The lowest BCUT2D eigenvalue weighted by molar-refractivity contribution is 0.417. The smallest absolute Gasteiger partial charge is 0.265 e. The van der Waals surface area contributed by atoms with E-state index in [2.05, 4.69) is 9.82 Å². The molecule has 1 heterocycles. The lowest BCUT2D eigenvalue weighted by atomic mass is 10.2. The summed E-state index contributed by atoms with van der Waals surface area (Å²) in [6.45, 7) is 5.80. The molecule has 6 nitrogen and oxygen atoms in total. The van der Waals surface area contributed by atoms with Crippen LogP contribution >= 0.6 is 0 Å². The van der Waals surface area contributed by atoms with E-state index in [-0.39, 0.29) is 10.9 Å². The van der Waals surface area contributed by atoms with E-state index in [1.165, 1.54) is 7.11 Å². The van der Waals surface area contributed by atoms with Gasteiger partial charge >= 0.3 is 0 Å². The zero-order valence-corrected chi connectivity index (χ0v) is 16.6. The van der Waals surface area contributed by atoms with Crippen molar-refractivity contribution in [3.8, 4) is 17.0 Å². The van der Waals surface area contributed by atoms with Gasteiger partial charge in [0.05, 0.1) is 12.8 Å². The van der Waals surface area contributed by atoms with Gasteiger partial charge in [-0.15, -0.1) is 0 Å². The Morgan fingerprint density at radius 2 is 1.81 bits per heavy atom. The highest BCUT2D eigenvalue weighted by Gasteiger charge is 2.25. The lowest BCUT2D eigenvalue weighted by Crippen LogP contribution is -2.14. The fourth-order valence-corrected chi connectivity index (χ4v) is 3.95. The third-order valence-electron chi connectivity index (χ3n) is 4.16. The van der Waals surface area contributed by atoms with Crippen LogP contribution in [-0.2, 0) is 10.0 Å². The highest BCUT2D eigenvalue weighted by Crippen LogP contribution is 2.32. The standard InChI is InChI=1S/C20H23N3O3S/c1-14(2)23-13-19(20(21-23)16-8-6-5-7-9-16)27(24,25)22-17-12-15(3)10-11-18(17)26-4/h5-14,22H,1-4H3. The molecule has 0 spiro atoms. The summed E-state index contributed by atoms with van der Waals surface area (Å²) in [5.74, 6) is 0.460. The molecule has 0 unspecified atom stereocenters. The number of ether oxygens (including phenoxy) is 1. The fraction of sp³-hybridized carbons (Fsp3) is 0.250. The maximum absolute atomic E-state index is 13.2. The summed E-state index contributed by atoms with van der Waals surface area (Å²) in [5.41, 5.74) is 2.49. The molecule has 0 fully saturated rings. The van der Waals surface area contributed by atoms with Crippen molar-refractivity contribution in [3.05, 3.63) is 60.3 Å². The van der Waals surface area contributed by atoms with Crippen molar-refractivity contribution in [2.24, 2.45) is 0 Å². The molecule has 27 heavy (non-hydrogen) atoms. The Morgan fingerprint density at radius 3 is 2.44 bits per heavy atom. The molecule has 0 amide bonds. The first-order chi connectivity index (χ1) is 12.8. The number of anilines is 1. The predicted octanol–water partition coefficient (Wildman–Crippen LogP) is 4.25. The number of aromatic nitrogens is 2. The molecule has 0 radical (unpaired) electrons. The van der Waals surface area contributed by atoms with Crippen LogP contribution < -0.4 is 9.46 Å². The second-order valence-corrected chi connectivity index (χ2v) is 8.24. The van der Waals surface area contributed by atoms with Gasteiger partial charge in [-0.25, -0.2) is 8.42 Å². The molecule has 0 saturated heterocycles. The third kappa shape index (κ3) is 3.98. The number of rotatable bonds is 6. The van der Waals surface area contributed by atoms with Crippen LogP contribution in [0.25, 0.3) is 11.3 Å². The van der Waals surface area contributed by atoms with Crippen molar-refractivity contribution in [3.63, 3.8) is 0 Å². The van der Waals surface area contributed by atoms with E-state index in [0.717, 1.165) is 11.1 Å². The van der Waals surface area contributed by atoms with Gasteiger partial charge in [0.25, 0.3) is 10.0 Å². The summed E-state index contributed by atoms with van der Waals surface area (Å²) < 4.78 is 36.0. The van der Waals surface area contributed by atoms with Crippen LogP contribution in [0.4, 0.5) is 5.69 Å². The van der Waals surface area contributed by atoms with E-state index in [9.17, 15) is 8.42 Å². The Kier molecular flexibility index (Phi) is 5.23. The van der Waals surface area contributed by atoms with E-state index < -0.39 is 10.0 Å². The largest absolute Gasteiger partial charge is 0.495 e. The summed E-state index contributed by atoms with van der Waals surface area (Å²) in [6.07, 6.45) is 1.57. The summed E-state index contributed by atoms with van der Waals surface area (Å²) in [6, 6.07) is 14.7. The first-order valence-corrected chi connectivity index (χ1v) is 10.1. The Hall–Kier alpha value is -2.80. The molecule has 3 rings (SSSR count). The Balaban J connectivity index is 2.11. The van der Waals surface area contributed by atoms with E-state index >= 15 is 0 Å². The normalized spacial score (nSPS) is 11.6. The number of hydrogen-bond acceptors (Lipinski definition) is 4. The summed E-state index contributed by atoms with van der Waals surface area (Å²) in [7, 11) is -2.36. The Bertz CT molecular complexity index is 1040. The molecule has 1 aromatic heterocycles. The molecular weight excluding hydrogens is 362 g/mol. The monoisotopic (exact) mass is 385 g/mol. The van der Waals surface area contributed by atoms with Gasteiger partial charge in [-0.2, -0.15) is 5.10 Å². The van der Waals surface area contributed by atoms with Crippen molar-refractivity contribution in [1.29, 1.82) is 0 Å². The van der Waals surface area contributed by atoms with Crippen LogP contribution in [0.3, 0.4) is 0 Å². The minimum Gasteiger partial charge on any atom is -0.495 e. The molecule has 0 aliphatic carbocycles. The molecule has 0 bridgehead atoms. The molecule has 142 valence electrons. The average Bonchev–Trinajstić information content (AvgIpc) is 3.09. The van der Waals surface area contributed by atoms with Crippen molar-refractivity contribution in [1.82, 2.24) is 9.78 Å². The molecular formula is C20H23N3O3S. The second kappa shape index (κ2) is 7.44. The first kappa shape index (κ1) is 19.0. The number of methoxy groups -OCH3 is 1. The van der Waals surface area contributed by atoms with Crippen molar-refractivity contribution >= 4 is 15.7 Å². The Morgan fingerprint density at radius 1 is 1.11 bits per heavy atom. The zero-order chi connectivity index (χ0) is 19.6. The molecule has 2 aromatic carbocycles. The number of hydrogen-bond donors (Lipinski definition) is 1. The van der Waals surface area contributed by atoms with Gasteiger partial charge < -0.3 is 4.74 Å². The van der Waals surface area contributed by atoms with Crippen molar-refractivity contribution in [2.75, 3.05) is 11.8 Å². The van der Waals surface area contributed by atoms with Gasteiger partial charge in [0, 0.05) is 17.8 Å². The Labute approximate surface area is 159 Å². The zero-order valence-electron chi connectivity index (χ0n) is 15.8. The average molecular weight is 385 g/mol. The van der Waals surface area contributed by atoms with E-state index in [1.807, 2.05) is 57.2 Å². The van der Waals surface area contributed by atoms with Crippen LogP contribution in [-0.4, -0.2) is 25.3 Å². The molecule has 7 heteroatoms. The highest BCUT2D eigenvalue weighted by atomic mass is 32.2. The number of nitrogens with one attached hydrogen (secondary N) is 1. The molecule has 1 N–H and O–H groups in total. The van der Waals surface area contributed by atoms with Crippen molar-refractivity contribution < 1.29 is 13.2 Å². The van der Waals surface area contributed by atoms with Crippen LogP contribution in [0, 0.1) is 6.92 Å². The maximum atomic E-state index is 13.2. The molecule has 3 aromatic rings. The predicted molar refractivity (Wildman–Crippen MR) is 107 cm³/mol. The number of nitrogens with zero attached hydrogens (tertiary/aromatic N) is 2. The van der Waals surface area contributed by atoms with Crippen LogP contribution in [0.15, 0.2) is 59.6 Å². The minimum absolute atomic E-state index is 0.0323. The third-order valence-corrected chi connectivity index (χ3v) is 5.53. The molecule has 0 atom stereocenters. The fourth-order valence-electron chi connectivity index (χ4n) is 2.73. The molecule has 0 aliphatic heterocycles. The minimum atomic E-state index is -3.87. The number of aryl methyl sites for hydroxylation is 1. The maximum Gasteiger partial charge on any atom is 0.265 e. The van der Waals surface area contributed by atoms with Crippen LogP contribution in [0.5, 0.6) is 5.75 Å². The van der Waals surface area contributed by atoms with Gasteiger partial charge in [0.2, 0.25) is 0 Å².